The molecule has 1 aromatic rings. The largest absolute Gasteiger partial charge is 0.377 e. The third kappa shape index (κ3) is 4.39. The summed E-state index contributed by atoms with van der Waals surface area (Å²) in [4.78, 5) is 4.06. The Morgan fingerprint density at radius 3 is 3.00 bits per heavy atom. The fourth-order valence-corrected chi connectivity index (χ4v) is 1.38. The fraction of sp³-hybridized carbons (Fsp3) is 0.500. The first-order chi connectivity index (χ1) is 6.33. The molecule has 3 heteroatoms. The van der Waals surface area contributed by atoms with Crippen LogP contribution in [0, 0.1) is 0 Å². The summed E-state index contributed by atoms with van der Waals surface area (Å²) in [6, 6.07) is 2.03. The molecule has 0 aliphatic carbocycles. The van der Waals surface area contributed by atoms with Gasteiger partial charge >= 0.3 is 0 Å². The number of hydrogen-bond donors (Lipinski definition) is 0. The van der Waals surface area contributed by atoms with Crippen molar-refractivity contribution < 1.29 is 4.74 Å². The third-order valence-electron chi connectivity index (χ3n) is 1.67. The molecule has 1 heterocycles. The lowest BCUT2D eigenvalue weighted by Crippen LogP contribution is -1.95. The third-order valence-corrected chi connectivity index (χ3v) is 2.11. The Morgan fingerprint density at radius 2 is 2.31 bits per heavy atom. The van der Waals surface area contributed by atoms with E-state index in [1.165, 1.54) is 6.42 Å². The van der Waals surface area contributed by atoms with Crippen LogP contribution in [0.2, 0.25) is 0 Å². The lowest BCUT2D eigenvalue weighted by atomic mass is 10.3. The molecule has 0 amide bonds. The van der Waals surface area contributed by atoms with Gasteiger partial charge in [0, 0.05) is 23.5 Å². The van der Waals surface area contributed by atoms with Crippen molar-refractivity contribution in [2.24, 2.45) is 0 Å². The van der Waals surface area contributed by atoms with Gasteiger partial charge in [0.15, 0.2) is 0 Å². The highest BCUT2D eigenvalue weighted by Crippen LogP contribution is 2.10. The van der Waals surface area contributed by atoms with Gasteiger partial charge in [-0.15, -0.1) is 0 Å². The Kier molecular flexibility index (Phi) is 5.01. The Bertz CT molecular complexity index is 252. The predicted octanol–water partition coefficient (Wildman–Crippen LogP) is 3.16. The lowest BCUT2D eigenvalue weighted by molar-refractivity contribution is 0.118. The van der Waals surface area contributed by atoms with E-state index >= 15 is 0 Å². The van der Waals surface area contributed by atoms with E-state index in [2.05, 4.69) is 27.8 Å². The van der Waals surface area contributed by atoms with Crippen LogP contribution >= 0.6 is 15.9 Å². The van der Waals surface area contributed by atoms with Crippen LogP contribution in [0.3, 0.4) is 0 Å². The smallest absolute Gasteiger partial charge is 0.0732 e. The Morgan fingerprint density at radius 1 is 1.46 bits per heavy atom. The van der Waals surface area contributed by atoms with Gasteiger partial charge in [0.25, 0.3) is 0 Å². The number of nitrogens with zero attached hydrogens (tertiary/aromatic N) is 1. The van der Waals surface area contributed by atoms with E-state index in [1.54, 1.807) is 6.20 Å². The maximum atomic E-state index is 5.45. The first-order valence-corrected chi connectivity index (χ1v) is 5.29. The number of halogens is 1. The number of hydrogen-bond acceptors (Lipinski definition) is 2. The average molecular weight is 244 g/mol. The van der Waals surface area contributed by atoms with E-state index in [0.29, 0.717) is 6.61 Å². The molecule has 0 bridgehead atoms. The molecule has 2 nitrogen and oxygen atoms in total. The van der Waals surface area contributed by atoms with Crippen molar-refractivity contribution in [3.63, 3.8) is 0 Å². The van der Waals surface area contributed by atoms with Gasteiger partial charge in [0.1, 0.15) is 0 Å². The second-order valence-electron chi connectivity index (χ2n) is 2.92. The van der Waals surface area contributed by atoms with Gasteiger partial charge in [0.2, 0.25) is 0 Å². The molecular formula is C10H14BrNO. The molecular weight excluding hydrogens is 230 g/mol. The molecule has 0 spiro atoms. The number of pyridine rings is 1. The first-order valence-electron chi connectivity index (χ1n) is 4.50. The SMILES string of the molecule is CCCCOCc1cncc(Br)c1. The Balaban J connectivity index is 2.28. The monoisotopic (exact) mass is 243 g/mol. The molecule has 1 rings (SSSR count). The van der Waals surface area contributed by atoms with Crippen LogP contribution in [0.25, 0.3) is 0 Å². The zero-order valence-corrected chi connectivity index (χ0v) is 9.38. The molecule has 0 fully saturated rings. The van der Waals surface area contributed by atoms with Crippen molar-refractivity contribution >= 4 is 15.9 Å². The van der Waals surface area contributed by atoms with E-state index < -0.39 is 0 Å². The second-order valence-corrected chi connectivity index (χ2v) is 3.83. The van der Waals surface area contributed by atoms with E-state index in [-0.39, 0.29) is 0 Å². The average Bonchev–Trinajstić information content (AvgIpc) is 2.13. The molecule has 0 unspecified atom stereocenters. The molecule has 0 atom stereocenters. The molecule has 0 saturated carbocycles. The van der Waals surface area contributed by atoms with Gasteiger partial charge in [-0.25, -0.2) is 0 Å². The number of ether oxygens (including phenoxy) is 1. The van der Waals surface area contributed by atoms with Crippen LogP contribution in [-0.2, 0) is 11.3 Å². The van der Waals surface area contributed by atoms with Crippen molar-refractivity contribution in [1.82, 2.24) is 4.98 Å². The highest BCUT2D eigenvalue weighted by molar-refractivity contribution is 9.10. The molecule has 1 aromatic heterocycles. The quantitative estimate of drug-likeness (QED) is 0.742. The molecule has 0 radical (unpaired) electrons. The van der Waals surface area contributed by atoms with Crippen molar-refractivity contribution in [1.29, 1.82) is 0 Å². The minimum Gasteiger partial charge on any atom is -0.377 e. The minimum absolute atomic E-state index is 0.659. The van der Waals surface area contributed by atoms with Gasteiger partial charge in [-0.3, -0.25) is 4.98 Å². The summed E-state index contributed by atoms with van der Waals surface area (Å²) in [5.41, 5.74) is 1.12. The van der Waals surface area contributed by atoms with E-state index in [1.807, 2.05) is 12.3 Å². The van der Waals surface area contributed by atoms with Crippen LogP contribution in [0.1, 0.15) is 25.3 Å². The molecule has 0 saturated heterocycles. The summed E-state index contributed by atoms with van der Waals surface area (Å²) < 4.78 is 6.46. The van der Waals surface area contributed by atoms with Crippen LogP contribution in [-0.4, -0.2) is 11.6 Å². The molecule has 0 aliphatic heterocycles. The minimum atomic E-state index is 0.659. The summed E-state index contributed by atoms with van der Waals surface area (Å²) in [5, 5.41) is 0. The van der Waals surface area contributed by atoms with Crippen LogP contribution < -0.4 is 0 Å². The summed E-state index contributed by atoms with van der Waals surface area (Å²) in [7, 11) is 0. The number of rotatable bonds is 5. The second kappa shape index (κ2) is 6.11. The van der Waals surface area contributed by atoms with Gasteiger partial charge < -0.3 is 4.74 Å². The molecule has 0 aliphatic rings. The van der Waals surface area contributed by atoms with Crippen LogP contribution in [0.15, 0.2) is 22.9 Å². The predicted molar refractivity (Wildman–Crippen MR) is 56.5 cm³/mol. The Hall–Kier alpha value is -0.410. The molecule has 72 valence electrons. The highest BCUT2D eigenvalue weighted by Gasteiger charge is 1.94. The topological polar surface area (TPSA) is 22.1 Å². The van der Waals surface area contributed by atoms with Crippen molar-refractivity contribution in [2.75, 3.05) is 6.61 Å². The number of aromatic nitrogens is 1. The summed E-state index contributed by atoms with van der Waals surface area (Å²) in [6.45, 7) is 3.65. The maximum absolute atomic E-state index is 5.45. The van der Waals surface area contributed by atoms with Gasteiger partial charge in [-0.05, 0) is 34.0 Å². The standard InChI is InChI=1S/C10H14BrNO/c1-2-3-4-13-8-9-5-10(11)7-12-6-9/h5-7H,2-4,8H2,1H3. The van der Waals surface area contributed by atoms with Gasteiger partial charge in [-0.1, -0.05) is 13.3 Å². The fourth-order valence-electron chi connectivity index (χ4n) is 0.971. The van der Waals surface area contributed by atoms with Crippen molar-refractivity contribution in [3.8, 4) is 0 Å². The summed E-state index contributed by atoms with van der Waals surface area (Å²) in [5.74, 6) is 0. The molecule has 13 heavy (non-hydrogen) atoms. The number of unbranched alkanes of at least 4 members (excludes halogenated alkanes) is 1. The van der Waals surface area contributed by atoms with E-state index in [0.717, 1.165) is 23.1 Å². The van der Waals surface area contributed by atoms with E-state index in [9.17, 15) is 0 Å². The highest BCUT2D eigenvalue weighted by atomic mass is 79.9. The Labute approximate surface area is 87.5 Å². The molecule has 0 aromatic carbocycles. The van der Waals surface area contributed by atoms with Gasteiger partial charge in [-0.2, -0.15) is 0 Å². The van der Waals surface area contributed by atoms with E-state index in [4.69, 9.17) is 4.74 Å². The zero-order valence-electron chi connectivity index (χ0n) is 7.79. The maximum Gasteiger partial charge on any atom is 0.0732 e. The first kappa shape index (κ1) is 10.7. The van der Waals surface area contributed by atoms with Gasteiger partial charge in [0.05, 0.1) is 6.61 Å². The van der Waals surface area contributed by atoms with Crippen molar-refractivity contribution in [2.45, 2.75) is 26.4 Å². The summed E-state index contributed by atoms with van der Waals surface area (Å²) >= 11 is 3.37. The van der Waals surface area contributed by atoms with Crippen LogP contribution in [0.5, 0.6) is 0 Å². The molecule has 0 N–H and O–H groups in total. The lowest BCUT2D eigenvalue weighted by Gasteiger charge is -2.02. The summed E-state index contributed by atoms with van der Waals surface area (Å²) in [6.07, 6.45) is 5.91. The van der Waals surface area contributed by atoms with Crippen LogP contribution in [0.4, 0.5) is 0 Å². The zero-order chi connectivity index (χ0) is 9.52. The van der Waals surface area contributed by atoms with Crippen molar-refractivity contribution in [3.05, 3.63) is 28.5 Å². The normalized spacial score (nSPS) is 10.3.